The molecule has 0 fully saturated rings. The molecule has 2 heterocycles. The van der Waals surface area contributed by atoms with Crippen LogP contribution in [0.4, 0.5) is 0 Å². The molecule has 4 rings (SSSR count). The van der Waals surface area contributed by atoms with E-state index in [1.54, 1.807) is 16.4 Å². The Morgan fingerprint density at radius 2 is 1.75 bits per heavy atom. The maximum Gasteiger partial charge on any atom is 0.243 e. The van der Waals surface area contributed by atoms with Crippen LogP contribution in [-0.4, -0.2) is 24.3 Å². The van der Waals surface area contributed by atoms with Crippen molar-refractivity contribution in [3.05, 3.63) is 76.5 Å². The third-order valence-corrected chi connectivity index (χ3v) is 7.30. The molecule has 1 atom stereocenters. The summed E-state index contributed by atoms with van der Waals surface area (Å²) >= 11 is 0. The van der Waals surface area contributed by atoms with E-state index in [0.717, 1.165) is 22.3 Å². The minimum absolute atomic E-state index is 0.326. The Labute approximate surface area is 166 Å². The van der Waals surface area contributed by atoms with Crippen molar-refractivity contribution in [2.45, 2.75) is 45.1 Å². The summed E-state index contributed by atoms with van der Waals surface area (Å²) in [5.41, 5.74) is 6.64. The Balaban J connectivity index is 1.87. The molecule has 0 aliphatic carbocycles. The van der Waals surface area contributed by atoms with Gasteiger partial charge in [0.2, 0.25) is 10.0 Å². The Hall–Kier alpha value is -2.37. The Morgan fingerprint density at radius 1 is 1.07 bits per heavy atom. The fourth-order valence-electron chi connectivity index (χ4n) is 4.01. The summed E-state index contributed by atoms with van der Waals surface area (Å²) in [4.78, 5) is 3.86. The number of nitrogens with one attached hydrogen (secondary N) is 1. The topological polar surface area (TPSA) is 53.2 Å². The van der Waals surface area contributed by atoms with E-state index in [0.29, 0.717) is 17.9 Å². The second kappa shape index (κ2) is 6.90. The molecule has 0 amide bonds. The van der Waals surface area contributed by atoms with Crippen molar-refractivity contribution in [2.75, 3.05) is 6.54 Å². The van der Waals surface area contributed by atoms with E-state index in [2.05, 4.69) is 30.1 Å². The highest BCUT2D eigenvalue weighted by Crippen LogP contribution is 2.39. The molecule has 5 heteroatoms. The number of aryl methyl sites for hydroxylation is 2. The number of benzene rings is 2. The molecule has 0 spiro atoms. The largest absolute Gasteiger partial charge is 0.357 e. The third kappa shape index (κ3) is 3.19. The van der Waals surface area contributed by atoms with Gasteiger partial charge in [-0.05, 0) is 63.9 Å². The van der Waals surface area contributed by atoms with E-state index in [-0.39, 0.29) is 6.04 Å². The highest BCUT2D eigenvalue weighted by molar-refractivity contribution is 7.89. The molecule has 28 heavy (non-hydrogen) atoms. The average molecular weight is 395 g/mol. The van der Waals surface area contributed by atoms with Gasteiger partial charge in [0.15, 0.2) is 0 Å². The first kappa shape index (κ1) is 19.0. The van der Waals surface area contributed by atoms with Crippen LogP contribution in [0.1, 0.15) is 42.3 Å². The minimum atomic E-state index is -3.59. The number of hydrogen-bond donors (Lipinski definition) is 1. The third-order valence-electron chi connectivity index (χ3n) is 5.40. The second-order valence-corrected chi connectivity index (χ2v) is 9.82. The molecule has 1 unspecified atom stereocenters. The SMILES string of the molecule is CC(C)=CC1c2[nH]c3ccc(C)cc3c2CCN1S(=O)(=O)c1ccc(C)cc1. The van der Waals surface area contributed by atoms with Gasteiger partial charge >= 0.3 is 0 Å². The molecule has 4 nitrogen and oxygen atoms in total. The normalized spacial score (nSPS) is 17.5. The van der Waals surface area contributed by atoms with Gasteiger partial charge in [-0.25, -0.2) is 8.42 Å². The zero-order valence-electron chi connectivity index (χ0n) is 16.8. The Bertz CT molecular complexity index is 1170. The van der Waals surface area contributed by atoms with Crippen LogP contribution in [0.15, 0.2) is 59.0 Å². The van der Waals surface area contributed by atoms with Crippen molar-refractivity contribution in [1.82, 2.24) is 9.29 Å². The molecule has 0 bridgehead atoms. The fourth-order valence-corrected chi connectivity index (χ4v) is 5.55. The number of hydrogen-bond acceptors (Lipinski definition) is 2. The summed E-state index contributed by atoms with van der Waals surface area (Å²) < 4.78 is 28.5. The Kier molecular flexibility index (Phi) is 4.68. The number of nitrogens with zero attached hydrogens (tertiary/aromatic N) is 1. The van der Waals surface area contributed by atoms with Crippen LogP contribution in [-0.2, 0) is 16.4 Å². The molecule has 0 radical (unpaired) electrons. The average Bonchev–Trinajstić information content (AvgIpc) is 3.00. The lowest BCUT2D eigenvalue weighted by molar-refractivity contribution is 0.347. The molecule has 1 aromatic heterocycles. The van der Waals surface area contributed by atoms with Gasteiger partial charge in [0.25, 0.3) is 0 Å². The summed E-state index contributed by atoms with van der Waals surface area (Å²) in [5.74, 6) is 0. The molecular weight excluding hydrogens is 368 g/mol. The molecule has 146 valence electrons. The Morgan fingerprint density at radius 3 is 2.43 bits per heavy atom. The lowest BCUT2D eigenvalue weighted by Crippen LogP contribution is -2.39. The van der Waals surface area contributed by atoms with Crippen molar-refractivity contribution < 1.29 is 8.42 Å². The summed E-state index contributed by atoms with van der Waals surface area (Å²) in [5, 5.41) is 1.20. The van der Waals surface area contributed by atoms with E-state index >= 15 is 0 Å². The summed E-state index contributed by atoms with van der Waals surface area (Å²) in [6, 6.07) is 13.1. The lowest BCUT2D eigenvalue weighted by Gasteiger charge is -2.33. The van der Waals surface area contributed by atoms with E-state index in [9.17, 15) is 8.42 Å². The molecule has 1 N–H and O–H groups in total. The van der Waals surface area contributed by atoms with Crippen LogP contribution in [0, 0.1) is 13.8 Å². The molecule has 1 aliphatic heterocycles. The monoisotopic (exact) mass is 394 g/mol. The number of aromatic amines is 1. The maximum absolute atomic E-state index is 13.5. The van der Waals surface area contributed by atoms with Crippen LogP contribution in [0.25, 0.3) is 10.9 Å². The van der Waals surface area contributed by atoms with E-state index in [1.165, 1.54) is 16.5 Å². The fraction of sp³-hybridized carbons (Fsp3) is 0.304. The standard InChI is InChI=1S/C23H26N2O2S/c1-15(2)13-22-23-19(20-14-17(4)7-10-21(20)24-23)11-12-25(22)28(26,27)18-8-5-16(3)6-9-18/h5-10,13-14,22,24H,11-12H2,1-4H3. The van der Waals surface area contributed by atoms with E-state index < -0.39 is 10.0 Å². The smallest absolute Gasteiger partial charge is 0.243 e. The summed E-state index contributed by atoms with van der Waals surface area (Å²) in [6.07, 6.45) is 2.75. The van der Waals surface area contributed by atoms with Gasteiger partial charge in [-0.1, -0.05) is 41.0 Å². The van der Waals surface area contributed by atoms with Crippen LogP contribution in [0.3, 0.4) is 0 Å². The number of fused-ring (bicyclic) bond motifs is 3. The summed E-state index contributed by atoms with van der Waals surface area (Å²) in [6.45, 7) is 8.54. The van der Waals surface area contributed by atoms with Gasteiger partial charge in [0, 0.05) is 23.1 Å². The zero-order chi connectivity index (χ0) is 20.1. The van der Waals surface area contributed by atoms with Gasteiger partial charge in [-0.2, -0.15) is 4.31 Å². The molecular formula is C23H26N2O2S. The van der Waals surface area contributed by atoms with E-state index in [1.807, 2.05) is 39.0 Å². The van der Waals surface area contributed by atoms with Crippen LogP contribution >= 0.6 is 0 Å². The van der Waals surface area contributed by atoms with Crippen molar-refractivity contribution in [3.63, 3.8) is 0 Å². The van der Waals surface area contributed by atoms with Crippen LogP contribution in [0.5, 0.6) is 0 Å². The first-order valence-corrected chi connectivity index (χ1v) is 11.1. The first-order chi connectivity index (χ1) is 13.3. The number of rotatable bonds is 3. The van der Waals surface area contributed by atoms with Gasteiger partial charge in [0.1, 0.15) is 0 Å². The predicted molar refractivity (Wildman–Crippen MR) is 114 cm³/mol. The minimum Gasteiger partial charge on any atom is -0.357 e. The highest BCUT2D eigenvalue weighted by atomic mass is 32.2. The van der Waals surface area contributed by atoms with Gasteiger partial charge in [0.05, 0.1) is 10.9 Å². The number of sulfonamides is 1. The first-order valence-electron chi connectivity index (χ1n) is 9.62. The van der Waals surface area contributed by atoms with Crippen molar-refractivity contribution in [3.8, 4) is 0 Å². The predicted octanol–water partition coefficient (Wildman–Crippen LogP) is 5.04. The van der Waals surface area contributed by atoms with Gasteiger partial charge in [-0.15, -0.1) is 0 Å². The number of H-pyrrole nitrogens is 1. The summed E-state index contributed by atoms with van der Waals surface area (Å²) in [7, 11) is -3.59. The lowest BCUT2D eigenvalue weighted by atomic mass is 9.97. The number of aromatic nitrogens is 1. The molecule has 0 saturated heterocycles. The molecule has 2 aromatic carbocycles. The zero-order valence-corrected chi connectivity index (χ0v) is 17.6. The van der Waals surface area contributed by atoms with Gasteiger partial charge < -0.3 is 4.98 Å². The van der Waals surface area contributed by atoms with Crippen LogP contribution in [0.2, 0.25) is 0 Å². The van der Waals surface area contributed by atoms with Crippen molar-refractivity contribution in [1.29, 1.82) is 0 Å². The number of allylic oxidation sites excluding steroid dienone is 1. The second-order valence-electron chi connectivity index (χ2n) is 7.93. The highest BCUT2D eigenvalue weighted by Gasteiger charge is 2.37. The van der Waals surface area contributed by atoms with Crippen molar-refractivity contribution in [2.24, 2.45) is 0 Å². The van der Waals surface area contributed by atoms with Gasteiger partial charge in [-0.3, -0.25) is 0 Å². The molecule has 0 saturated carbocycles. The molecule has 1 aliphatic rings. The van der Waals surface area contributed by atoms with E-state index in [4.69, 9.17) is 0 Å². The van der Waals surface area contributed by atoms with Crippen molar-refractivity contribution >= 4 is 20.9 Å². The quantitative estimate of drug-likeness (QED) is 0.633. The maximum atomic E-state index is 13.5. The van der Waals surface area contributed by atoms with Crippen LogP contribution < -0.4 is 0 Å². The molecule has 3 aromatic rings.